The zero-order valence-electron chi connectivity index (χ0n) is 8.54. The van der Waals surface area contributed by atoms with Gasteiger partial charge in [-0.1, -0.05) is 0 Å². The first-order chi connectivity index (χ1) is 7.61. The first-order valence-corrected chi connectivity index (χ1v) is 4.43. The second kappa shape index (κ2) is 5.17. The molecule has 0 aliphatic carbocycles. The Bertz CT molecular complexity index is 387. The minimum absolute atomic E-state index is 0.195. The fourth-order valence-corrected chi connectivity index (χ4v) is 1.14. The number of imidazole rings is 1. The van der Waals surface area contributed by atoms with E-state index in [1.54, 1.807) is 0 Å². The molecule has 3 N–H and O–H groups in total. The molecule has 1 aromatic rings. The minimum Gasteiger partial charge on any atom is -0.468 e. The summed E-state index contributed by atoms with van der Waals surface area (Å²) in [5, 5.41) is 0. The molecule has 7 heteroatoms. The summed E-state index contributed by atoms with van der Waals surface area (Å²) in [5.74, 6) is -3.00. The van der Waals surface area contributed by atoms with Crippen molar-refractivity contribution in [1.29, 1.82) is 0 Å². The number of carbonyl (C=O) groups is 3. The molecule has 0 saturated heterocycles. The standard InChI is InChI=1S/C9H11N3O4/c1-16-9(15)5(4-13)7(14)6(10)8-11-2-3-12-8/h2-6H,10H2,1H3,(H,11,12). The summed E-state index contributed by atoms with van der Waals surface area (Å²) in [4.78, 5) is 39.8. The third kappa shape index (κ3) is 2.31. The van der Waals surface area contributed by atoms with Crippen LogP contribution in [0.4, 0.5) is 0 Å². The number of carbonyl (C=O) groups excluding carboxylic acids is 3. The Labute approximate surface area is 91.0 Å². The van der Waals surface area contributed by atoms with Crippen molar-refractivity contribution in [2.24, 2.45) is 11.7 Å². The minimum atomic E-state index is -1.51. The van der Waals surface area contributed by atoms with E-state index in [1.807, 2.05) is 0 Å². The highest BCUT2D eigenvalue weighted by atomic mass is 16.5. The summed E-state index contributed by atoms with van der Waals surface area (Å²) in [6, 6.07) is -1.15. The van der Waals surface area contributed by atoms with Crippen LogP contribution >= 0.6 is 0 Å². The van der Waals surface area contributed by atoms with Crippen LogP contribution in [0.25, 0.3) is 0 Å². The number of aromatic amines is 1. The number of rotatable bonds is 5. The number of ether oxygens (including phenoxy) is 1. The predicted molar refractivity (Wildman–Crippen MR) is 52.1 cm³/mol. The molecule has 1 rings (SSSR count). The van der Waals surface area contributed by atoms with Crippen molar-refractivity contribution in [2.45, 2.75) is 6.04 Å². The van der Waals surface area contributed by atoms with Crippen molar-refractivity contribution in [3.8, 4) is 0 Å². The summed E-state index contributed by atoms with van der Waals surface area (Å²) in [6.07, 6.45) is 3.10. The van der Waals surface area contributed by atoms with Crippen molar-refractivity contribution >= 4 is 18.0 Å². The number of methoxy groups -OCH3 is 1. The molecule has 0 amide bonds. The molecule has 7 nitrogen and oxygen atoms in total. The van der Waals surface area contributed by atoms with Crippen LogP contribution in [0.2, 0.25) is 0 Å². The molecule has 0 radical (unpaired) electrons. The summed E-state index contributed by atoms with van der Waals surface area (Å²) in [6.45, 7) is 0. The van der Waals surface area contributed by atoms with Crippen LogP contribution < -0.4 is 5.73 Å². The maximum atomic E-state index is 11.7. The average Bonchev–Trinajstić information content (AvgIpc) is 2.81. The smallest absolute Gasteiger partial charge is 0.323 e. The molecule has 2 atom stereocenters. The molecular formula is C9H11N3O4. The van der Waals surface area contributed by atoms with Crippen LogP contribution in [0.3, 0.4) is 0 Å². The summed E-state index contributed by atoms with van der Waals surface area (Å²) >= 11 is 0. The number of ketones is 1. The lowest BCUT2D eigenvalue weighted by Gasteiger charge is -2.11. The van der Waals surface area contributed by atoms with Gasteiger partial charge in [0.05, 0.1) is 7.11 Å². The topological polar surface area (TPSA) is 115 Å². The molecule has 0 bridgehead atoms. The lowest BCUT2D eigenvalue weighted by Crippen LogP contribution is -2.35. The highest BCUT2D eigenvalue weighted by molar-refractivity contribution is 6.12. The van der Waals surface area contributed by atoms with Gasteiger partial charge in [0.2, 0.25) is 0 Å². The van der Waals surface area contributed by atoms with Crippen molar-refractivity contribution in [3.63, 3.8) is 0 Å². The van der Waals surface area contributed by atoms with Crippen LogP contribution in [-0.4, -0.2) is 35.1 Å². The van der Waals surface area contributed by atoms with Gasteiger partial charge in [0.15, 0.2) is 11.7 Å². The number of hydrogen-bond acceptors (Lipinski definition) is 6. The molecule has 1 heterocycles. The first kappa shape index (κ1) is 12.1. The summed E-state index contributed by atoms with van der Waals surface area (Å²) in [7, 11) is 1.09. The van der Waals surface area contributed by atoms with Crippen LogP contribution in [-0.2, 0) is 19.1 Å². The van der Waals surface area contributed by atoms with Crippen LogP contribution in [0.15, 0.2) is 12.4 Å². The Morgan fingerprint density at radius 3 is 2.75 bits per heavy atom. The third-order valence-electron chi connectivity index (χ3n) is 2.02. The Morgan fingerprint density at radius 1 is 1.62 bits per heavy atom. The lowest BCUT2D eigenvalue weighted by molar-refractivity contribution is -0.151. The highest BCUT2D eigenvalue weighted by Crippen LogP contribution is 2.11. The fraction of sp³-hybridized carbons (Fsp3) is 0.333. The van der Waals surface area contributed by atoms with E-state index in [9.17, 15) is 14.4 Å². The Morgan fingerprint density at radius 2 is 2.31 bits per heavy atom. The average molecular weight is 225 g/mol. The number of aldehydes is 1. The third-order valence-corrected chi connectivity index (χ3v) is 2.02. The zero-order chi connectivity index (χ0) is 12.1. The number of aromatic nitrogens is 2. The maximum Gasteiger partial charge on any atom is 0.323 e. The monoisotopic (exact) mass is 225 g/mol. The van der Waals surface area contributed by atoms with Gasteiger partial charge in [0.25, 0.3) is 0 Å². The van der Waals surface area contributed by atoms with Crippen LogP contribution in [0.1, 0.15) is 11.9 Å². The van der Waals surface area contributed by atoms with Gasteiger partial charge in [0, 0.05) is 12.4 Å². The number of H-pyrrole nitrogens is 1. The highest BCUT2D eigenvalue weighted by Gasteiger charge is 2.32. The van der Waals surface area contributed by atoms with E-state index < -0.39 is 23.7 Å². The quantitative estimate of drug-likeness (QED) is 0.376. The summed E-state index contributed by atoms with van der Waals surface area (Å²) < 4.78 is 4.31. The van der Waals surface area contributed by atoms with E-state index >= 15 is 0 Å². The van der Waals surface area contributed by atoms with Gasteiger partial charge in [0.1, 0.15) is 18.2 Å². The Balaban J connectivity index is 2.84. The van der Waals surface area contributed by atoms with E-state index in [2.05, 4.69) is 14.7 Å². The maximum absolute atomic E-state index is 11.7. The van der Waals surface area contributed by atoms with Gasteiger partial charge in [-0.05, 0) is 0 Å². The Kier molecular flexibility index (Phi) is 3.90. The zero-order valence-corrected chi connectivity index (χ0v) is 8.54. The van der Waals surface area contributed by atoms with E-state index in [4.69, 9.17) is 5.73 Å². The molecule has 0 saturated carbocycles. The number of nitrogens with two attached hydrogens (primary N) is 1. The van der Waals surface area contributed by atoms with Gasteiger partial charge in [-0.3, -0.25) is 9.59 Å². The van der Waals surface area contributed by atoms with Crippen molar-refractivity contribution in [1.82, 2.24) is 9.97 Å². The number of nitrogens with one attached hydrogen (secondary N) is 1. The second-order valence-electron chi connectivity index (χ2n) is 2.99. The van der Waals surface area contributed by atoms with Crippen molar-refractivity contribution in [3.05, 3.63) is 18.2 Å². The van der Waals surface area contributed by atoms with Gasteiger partial charge in [-0.25, -0.2) is 4.98 Å². The Hall–Kier alpha value is -2.02. The normalized spacial score (nSPS) is 13.9. The largest absolute Gasteiger partial charge is 0.468 e. The molecule has 86 valence electrons. The van der Waals surface area contributed by atoms with Gasteiger partial charge in [-0.15, -0.1) is 0 Å². The molecule has 0 spiro atoms. The van der Waals surface area contributed by atoms with Crippen molar-refractivity contribution in [2.75, 3.05) is 7.11 Å². The number of Topliss-reactive ketones (excluding diaryl/α,β-unsaturated/α-hetero) is 1. The molecule has 0 aliphatic heterocycles. The van der Waals surface area contributed by atoms with E-state index in [-0.39, 0.29) is 12.1 Å². The molecule has 2 unspecified atom stereocenters. The lowest BCUT2D eigenvalue weighted by atomic mass is 10.00. The molecule has 0 aromatic carbocycles. The SMILES string of the molecule is COC(=O)C(C=O)C(=O)C(N)c1ncc[nH]1. The number of nitrogens with zero attached hydrogens (tertiary/aromatic N) is 1. The van der Waals surface area contributed by atoms with Crippen LogP contribution in [0, 0.1) is 5.92 Å². The molecule has 16 heavy (non-hydrogen) atoms. The molecule has 0 aliphatic rings. The van der Waals surface area contributed by atoms with Gasteiger partial charge < -0.3 is 20.2 Å². The fourth-order valence-electron chi connectivity index (χ4n) is 1.14. The molecular weight excluding hydrogens is 214 g/mol. The summed E-state index contributed by atoms with van der Waals surface area (Å²) in [5.41, 5.74) is 5.54. The molecule has 0 fully saturated rings. The molecule has 1 aromatic heterocycles. The van der Waals surface area contributed by atoms with E-state index in [0.717, 1.165) is 7.11 Å². The van der Waals surface area contributed by atoms with E-state index in [1.165, 1.54) is 12.4 Å². The second-order valence-corrected chi connectivity index (χ2v) is 2.99. The van der Waals surface area contributed by atoms with Gasteiger partial charge in [-0.2, -0.15) is 0 Å². The van der Waals surface area contributed by atoms with Crippen molar-refractivity contribution < 1.29 is 19.1 Å². The number of esters is 1. The predicted octanol–water partition coefficient (Wildman–Crippen LogP) is -1.03. The van der Waals surface area contributed by atoms with Crippen LogP contribution in [0.5, 0.6) is 0 Å². The van der Waals surface area contributed by atoms with Gasteiger partial charge >= 0.3 is 5.97 Å². The van der Waals surface area contributed by atoms with E-state index in [0.29, 0.717) is 0 Å². The number of hydrogen-bond donors (Lipinski definition) is 2. The first-order valence-electron chi connectivity index (χ1n) is 4.43.